The predicted octanol–water partition coefficient (Wildman–Crippen LogP) is 1.75. The molecule has 25 heavy (non-hydrogen) atoms. The maximum Gasteiger partial charge on any atom is 0.303 e. The number of esters is 1. The van der Waals surface area contributed by atoms with E-state index in [0.29, 0.717) is 18.4 Å². The third-order valence-corrected chi connectivity index (χ3v) is 6.70. The number of carbonyl (C=O) groups excluding carboxylic acids is 2. The fraction of sp³-hybridized carbons (Fsp3) is 0.842. The Morgan fingerprint density at radius 2 is 2.00 bits per heavy atom. The van der Waals surface area contributed by atoms with Crippen LogP contribution in [0.4, 0.5) is 0 Å². The first-order chi connectivity index (χ1) is 11.9. The first kappa shape index (κ1) is 16.8. The molecule has 5 fully saturated rings. The van der Waals surface area contributed by atoms with Crippen LogP contribution in [-0.4, -0.2) is 47.0 Å². The van der Waals surface area contributed by atoms with E-state index in [-0.39, 0.29) is 35.6 Å². The molecule has 4 aliphatic carbocycles. The van der Waals surface area contributed by atoms with Crippen LogP contribution in [0, 0.1) is 23.2 Å². The summed E-state index contributed by atoms with van der Waals surface area (Å²) in [6, 6.07) is 1.97. The van der Waals surface area contributed by atoms with Crippen molar-refractivity contribution in [2.75, 3.05) is 13.1 Å². The van der Waals surface area contributed by atoms with Crippen molar-refractivity contribution in [1.29, 1.82) is 5.26 Å². The molecule has 0 aromatic rings. The summed E-state index contributed by atoms with van der Waals surface area (Å²) in [6.45, 7) is 2.47. The molecule has 2 unspecified atom stereocenters. The second-order valence-electron chi connectivity index (χ2n) is 8.75. The number of amides is 1. The van der Waals surface area contributed by atoms with Gasteiger partial charge < -0.3 is 15.0 Å². The van der Waals surface area contributed by atoms with E-state index in [2.05, 4.69) is 11.4 Å². The number of carbonyl (C=O) groups is 2. The SMILES string of the molecule is CC(=O)OC12C[C@@H]3C[C@@H](CC(NCC(=O)N4CCC[C@H]4C#N)(C3)C1)C2. The standard InChI is InChI=1S/C19H27N3O3/c1-13(23)25-19-8-14-5-15(9-19)7-18(6-14,12-19)21-11-17(24)22-4-2-3-16(22)10-20/h14-16,21H,2-9,11-12H2,1H3/t14-,15+,16-,18?,19?/m0/s1. The van der Waals surface area contributed by atoms with Crippen LogP contribution < -0.4 is 5.32 Å². The average molecular weight is 345 g/mol. The summed E-state index contributed by atoms with van der Waals surface area (Å²) in [5.41, 5.74) is -0.411. The van der Waals surface area contributed by atoms with Gasteiger partial charge in [0.1, 0.15) is 11.6 Å². The van der Waals surface area contributed by atoms with Crippen LogP contribution >= 0.6 is 0 Å². The number of hydrogen-bond donors (Lipinski definition) is 1. The Morgan fingerprint density at radius 1 is 1.28 bits per heavy atom. The Hall–Kier alpha value is -1.61. The fourth-order valence-electron chi connectivity index (χ4n) is 6.37. The van der Waals surface area contributed by atoms with E-state index >= 15 is 0 Å². The van der Waals surface area contributed by atoms with E-state index in [4.69, 9.17) is 4.74 Å². The van der Waals surface area contributed by atoms with Crippen molar-refractivity contribution in [2.45, 2.75) is 75.5 Å². The molecule has 4 bridgehead atoms. The summed E-state index contributed by atoms with van der Waals surface area (Å²) in [5, 5.41) is 12.7. The van der Waals surface area contributed by atoms with Gasteiger partial charge in [-0.1, -0.05) is 0 Å². The zero-order valence-corrected chi connectivity index (χ0v) is 14.9. The third kappa shape index (κ3) is 3.03. The van der Waals surface area contributed by atoms with Crippen LogP contribution in [0.3, 0.4) is 0 Å². The van der Waals surface area contributed by atoms with Gasteiger partial charge in [-0.15, -0.1) is 0 Å². The monoisotopic (exact) mass is 345 g/mol. The molecule has 5 rings (SSSR count). The lowest BCUT2D eigenvalue weighted by Crippen LogP contribution is -2.66. The van der Waals surface area contributed by atoms with Crippen molar-refractivity contribution in [3.63, 3.8) is 0 Å². The van der Waals surface area contributed by atoms with Gasteiger partial charge in [0.2, 0.25) is 5.91 Å². The highest BCUT2D eigenvalue weighted by molar-refractivity contribution is 5.79. The average Bonchev–Trinajstić information content (AvgIpc) is 2.98. The van der Waals surface area contributed by atoms with Gasteiger partial charge >= 0.3 is 5.97 Å². The molecule has 0 spiro atoms. The van der Waals surface area contributed by atoms with Gasteiger partial charge in [-0.05, 0) is 56.8 Å². The first-order valence-corrected chi connectivity index (χ1v) is 9.56. The molecule has 6 heteroatoms. The Bertz CT molecular complexity index is 612. The van der Waals surface area contributed by atoms with Gasteiger partial charge in [-0.3, -0.25) is 9.59 Å². The Labute approximate surface area is 148 Å². The summed E-state index contributed by atoms with van der Waals surface area (Å²) in [6.07, 6.45) is 7.83. The van der Waals surface area contributed by atoms with Crippen LogP contribution in [0.25, 0.3) is 0 Å². The number of rotatable bonds is 4. The van der Waals surface area contributed by atoms with Crippen LogP contribution in [0.1, 0.15) is 58.3 Å². The van der Waals surface area contributed by atoms with Gasteiger partial charge in [0.15, 0.2) is 0 Å². The predicted molar refractivity (Wildman–Crippen MR) is 90.3 cm³/mol. The third-order valence-electron chi connectivity index (χ3n) is 6.70. The minimum atomic E-state index is -0.325. The molecule has 1 aliphatic heterocycles. The molecule has 1 N–H and O–H groups in total. The van der Waals surface area contributed by atoms with E-state index in [0.717, 1.165) is 44.9 Å². The van der Waals surface area contributed by atoms with Gasteiger partial charge in [-0.25, -0.2) is 0 Å². The largest absolute Gasteiger partial charge is 0.459 e. The molecule has 0 aromatic heterocycles. The van der Waals surface area contributed by atoms with Crippen LogP contribution in [0.5, 0.6) is 0 Å². The van der Waals surface area contributed by atoms with Crippen LogP contribution in [-0.2, 0) is 14.3 Å². The van der Waals surface area contributed by atoms with Crippen molar-refractivity contribution in [3.05, 3.63) is 0 Å². The van der Waals surface area contributed by atoms with Gasteiger partial charge in [-0.2, -0.15) is 5.26 Å². The lowest BCUT2D eigenvalue weighted by atomic mass is 9.51. The quantitative estimate of drug-likeness (QED) is 0.785. The summed E-state index contributed by atoms with van der Waals surface area (Å²) >= 11 is 0. The van der Waals surface area contributed by atoms with Crippen molar-refractivity contribution in [1.82, 2.24) is 10.2 Å². The lowest BCUT2D eigenvalue weighted by molar-refractivity contribution is -0.190. The molecule has 136 valence electrons. The summed E-state index contributed by atoms with van der Waals surface area (Å²) < 4.78 is 5.80. The van der Waals surface area contributed by atoms with E-state index in [9.17, 15) is 14.9 Å². The molecule has 1 saturated heterocycles. The lowest BCUT2D eigenvalue weighted by Gasteiger charge is -2.61. The highest BCUT2D eigenvalue weighted by Gasteiger charge is 2.59. The van der Waals surface area contributed by atoms with Crippen molar-refractivity contribution in [2.24, 2.45) is 11.8 Å². The van der Waals surface area contributed by atoms with E-state index in [1.165, 1.54) is 13.3 Å². The highest BCUT2D eigenvalue weighted by Crippen LogP contribution is 2.58. The van der Waals surface area contributed by atoms with E-state index < -0.39 is 0 Å². The van der Waals surface area contributed by atoms with Crippen LogP contribution in [0.15, 0.2) is 0 Å². The van der Waals surface area contributed by atoms with E-state index in [1.807, 2.05) is 0 Å². The topological polar surface area (TPSA) is 82.4 Å². The highest BCUT2D eigenvalue weighted by atomic mass is 16.6. The second kappa shape index (κ2) is 5.98. The summed E-state index contributed by atoms with van der Waals surface area (Å²) in [7, 11) is 0. The maximum atomic E-state index is 12.6. The zero-order valence-electron chi connectivity index (χ0n) is 14.9. The molecule has 5 atom stereocenters. The second-order valence-corrected chi connectivity index (χ2v) is 8.75. The zero-order chi connectivity index (χ0) is 17.7. The normalized spacial score (nSPS) is 41.6. The van der Waals surface area contributed by atoms with Gasteiger partial charge in [0.05, 0.1) is 12.6 Å². The van der Waals surface area contributed by atoms with Gasteiger partial charge in [0.25, 0.3) is 0 Å². The number of nitrogens with zero attached hydrogens (tertiary/aromatic N) is 2. The fourth-order valence-corrected chi connectivity index (χ4v) is 6.37. The molecular weight excluding hydrogens is 318 g/mol. The maximum absolute atomic E-state index is 12.6. The minimum absolute atomic E-state index is 0.0290. The molecule has 1 heterocycles. The Morgan fingerprint density at radius 3 is 2.64 bits per heavy atom. The number of ether oxygens (including phenoxy) is 1. The molecule has 6 nitrogen and oxygen atoms in total. The number of hydrogen-bond acceptors (Lipinski definition) is 5. The van der Waals surface area contributed by atoms with Crippen molar-refractivity contribution < 1.29 is 14.3 Å². The molecule has 4 saturated carbocycles. The molecule has 1 amide bonds. The van der Waals surface area contributed by atoms with E-state index in [1.54, 1.807) is 4.90 Å². The first-order valence-electron chi connectivity index (χ1n) is 9.56. The van der Waals surface area contributed by atoms with Crippen LogP contribution in [0.2, 0.25) is 0 Å². The molecular formula is C19H27N3O3. The Kier molecular flexibility index (Phi) is 4.03. The molecule has 0 radical (unpaired) electrons. The van der Waals surface area contributed by atoms with Gasteiger partial charge in [0, 0.05) is 25.4 Å². The summed E-state index contributed by atoms with van der Waals surface area (Å²) in [4.78, 5) is 25.9. The minimum Gasteiger partial charge on any atom is -0.459 e. The smallest absolute Gasteiger partial charge is 0.303 e. The Balaban J connectivity index is 1.44. The number of nitrogens with one attached hydrogen (secondary N) is 1. The number of likely N-dealkylation sites (tertiary alicyclic amines) is 1. The number of nitriles is 1. The van der Waals surface area contributed by atoms with Crippen molar-refractivity contribution >= 4 is 11.9 Å². The van der Waals surface area contributed by atoms with Crippen molar-refractivity contribution in [3.8, 4) is 6.07 Å². The molecule has 0 aromatic carbocycles. The molecule has 5 aliphatic rings. The summed E-state index contributed by atoms with van der Waals surface area (Å²) in [5.74, 6) is 1.01.